The van der Waals surface area contributed by atoms with E-state index in [-0.39, 0.29) is 5.76 Å². The van der Waals surface area contributed by atoms with Gasteiger partial charge in [0.05, 0.1) is 7.11 Å². The maximum absolute atomic E-state index is 10.2. The van der Waals surface area contributed by atoms with Gasteiger partial charge < -0.3 is 9.84 Å². The predicted molar refractivity (Wildman–Crippen MR) is 37.5 cm³/mol. The lowest BCUT2D eigenvalue weighted by Crippen LogP contribution is -2.01. The summed E-state index contributed by atoms with van der Waals surface area (Å²) in [7, 11) is 1.32. The normalized spacial score (nSPS) is 10.7. The molecule has 0 unspecified atom stereocenters. The zero-order valence-electron chi connectivity index (χ0n) is 5.83. The second-order valence-electron chi connectivity index (χ2n) is 1.60. The molecule has 1 N–H and O–H groups in total. The monoisotopic (exact) mass is 142 g/mol. The van der Waals surface area contributed by atoms with E-state index in [1.54, 1.807) is 6.08 Å². The van der Waals surface area contributed by atoms with Crippen LogP contribution in [0.15, 0.2) is 24.5 Å². The second-order valence-corrected chi connectivity index (χ2v) is 1.60. The molecule has 0 radical (unpaired) electrons. The lowest BCUT2D eigenvalue weighted by molar-refractivity contribution is -0.136. The molecule has 0 spiro atoms. The Hall–Kier alpha value is -1.25. The molecule has 0 fully saturated rings. The zero-order chi connectivity index (χ0) is 7.98. The minimum Gasteiger partial charge on any atom is -0.490 e. The molecular weight excluding hydrogens is 132 g/mol. The Bertz CT molecular complexity index is 158. The highest BCUT2D eigenvalue weighted by molar-refractivity contribution is 5.84. The smallest absolute Gasteiger partial charge is 0.370 e. The fourth-order valence-electron chi connectivity index (χ4n) is 0.448. The van der Waals surface area contributed by atoms with Gasteiger partial charge >= 0.3 is 5.97 Å². The number of methoxy groups -OCH3 is 1. The Morgan fingerprint density at radius 3 is 2.70 bits per heavy atom. The van der Waals surface area contributed by atoms with E-state index in [0.717, 1.165) is 0 Å². The molecule has 0 aromatic rings. The SMILES string of the molecule is C=CCC=C(OC)C(=O)O. The number of carboxylic acid groups (broad SMARTS) is 1. The minimum absolute atomic E-state index is 0.0418. The molecule has 0 aliphatic carbocycles. The lowest BCUT2D eigenvalue weighted by atomic mass is 10.3. The highest BCUT2D eigenvalue weighted by Crippen LogP contribution is 1.97. The largest absolute Gasteiger partial charge is 0.490 e. The average Bonchev–Trinajstić information content (AvgIpc) is 1.89. The van der Waals surface area contributed by atoms with Gasteiger partial charge in [0.2, 0.25) is 0 Å². The summed E-state index contributed by atoms with van der Waals surface area (Å²) < 4.78 is 4.53. The van der Waals surface area contributed by atoms with Crippen molar-refractivity contribution in [2.24, 2.45) is 0 Å². The van der Waals surface area contributed by atoms with Crippen LogP contribution in [0, 0.1) is 0 Å². The van der Waals surface area contributed by atoms with E-state index in [1.807, 2.05) is 0 Å². The van der Waals surface area contributed by atoms with Gasteiger partial charge in [-0.2, -0.15) is 0 Å². The van der Waals surface area contributed by atoms with Crippen molar-refractivity contribution in [1.29, 1.82) is 0 Å². The topological polar surface area (TPSA) is 46.5 Å². The number of carboxylic acids is 1. The Morgan fingerprint density at radius 1 is 1.80 bits per heavy atom. The van der Waals surface area contributed by atoms with Gasteiger partial charge in [-0.1, -0.05) is 6.08 Å². The molecule has 56 valence electrons. The Morgan fingerprint density at radius 2 is 2.40 bits per heavy atom. The van der Waals surface area contributed by atoms with Gasteiger partial charge in [-0.05, 0) is 12.5 Å². The van der Waals surface area contributed by atoms with E-state index in [4.69, 9.17) is 5.11 Å². The molecule has 0 aromatic heterocycles. The van der Waals surface area contributed by atoms with Crippen LogP contribution in [0.4, 0.5) is 0 Å². The molecule has 0 atom stereocenters. The molecule has 0 bridgehead atoms. The van der Waals surface area contributed by atoms with E-state index in [1.165, 1.54) is 13.2 Å². The number of allylic oxidation sites excluding steroid dienone is 2. The molecule has 3 heteroatoms. The van der Waals surface area contributed by atoms with Crippen LogP contribution in [0.2, 0.25) is 0 Å². The van der Waals surface area contributed by atoms with Crippen LogP contribution >= 0.6 is 0 Å². The number of carbonyl (C=O) groups is 1. The third-order valence-corrected chi connectivity index (χ3v) is 0.901. The maximum Gasteiger partial charge on any atom is 0.370 e. The number of ether oxygens (including phenoxy) is 1. The third-order valence-electron chi connectivity index (χ3n) is 0.901. The predicted octanol–water partition coefficient (Wildman–Crippen LogP) is 1.18. The Labute approximate surface area is 59.6 Å². The third kappa shape index (κ3) is 2.91. The average molecular weight is 142 g/mol. The quantitative estimate of drug-likeness (QED) is 0.364. The summed E-state index contributed by atoms with van der Waals surface area (Å²) in [4.78, 5) is 10.2. The molecule has 0 saturated heterocycles. The van der Waals surface area contributed by atoms with E-state index < -0.39 is 5.97 Å². The van der Waals surface area contributed by atoms with Gasteiger partial charge in [0.25, 0.3) is 0 Å². The van der Waals surface area contributed by atoms with Gasteiger partial charge in [-0.3, -0.25) is 0 Å². The van der Waals surface area contributed by atoms with Crippen LogP contribution in [0.3, 0.4) is 0 Å². The van der Waals surface area contributed by atoms with Crippen molar-refractivity contribution >= 4 is 5.97 Å². The first-order chi connectivity index (χ1) is 4.72. The minimum atomic E-state index is -1.05. The summed E-state index contributed by atoms with van der Waals surface area (Å²) in [6.45, 7) is 3.43. The second kappa shape index (κ2) is 4.61. The standard InChI is InChI=1S/C7H10O3/c1-3-4-5-6(10-2)7(8)9/h3,5H,1,4H2,2H3,(H,8,9). The van der Waals surface area contributed by atoms with Crippen molar-refractivity contribution in [2.75, 3.05) is 7.11 Å². The van der Waals surface area contributed by atoms with Gasteiger partial charge in [-0.25, -0.2) is 4.79 Å². The van der Waals surface area contributed by atoms with Crippen LogP contribution in [-0.2, 0) is 9.53 Å². The molecule has 0 amide bonds. The molecule has 0 aliphatic heterocycles. The van der Waals surface area contributed by atoms with E-state index in [2.05, 4.69) is 11.3 Å². The van der Waals surface area contributed by atoms with Crippen LogP contribution < -0.4 is 0 Å². The van der Waals surface area contributed by atoms with Crippen molar-refractivity contribution in [2.45, 2.75) is 6.42 Å². The fraction of sp³-hybridized carbons (Fsp3) is 0.286. The van der Waals surface area contributed by atoms with Crippen LogP contribution in [-0.4, -0.2) is 18.2 Å². The summed E-state index contributed by atoms with van der Waals surface area (Å²) in [6.07, 6.45) is 3.56. The molecule has 3 nitrogen and oxygen atoms in total. The van der Waals surface area contributed by atoms with Crippen LogP contribution in [0.1, 0.15) is 6.42 Å². The Kier molecular flexibility index (Phi) is 4.04. The summed E-state index contributed by atoms with van der Waals surface area (Å²) in [5.74, 6) is -1.09. The zero-order valence-corrected chi connectivity index (χ0v) is 5.83. The van der Waals surface area contributed by atoms with E-state index in [9.17, 15) is 4.79 Å². The van der Waals surface area contributed by atoms with Gasteiger partial charge in [-0.15, -0.1) is 6.58 Å². The molecule has 0 saturated carbocycles. The molecule has 0 rings (SSSR count). The summed E-state index contributed by atoms with van der Waals surface area (Å²) in [5, 5.41) is 8.37. The number of hydrogen-bond acceptors (Lipinski definition) is 2. The van der Waals surface area contributed by atoms with Crippen molar-refractivity contribution < 1.29 is 14.6 Å². The van der Waals surface area contributed by atoms with Crippen molar-refractivity contribution in [3.05, 3.63) is 24.5 Å². The van der Waals surface area contributed by atoms with Gasteiger partial charge in [0.1, 0.15) is 0 Å². The van der Waals surface area contributed by atoms with Gasteiger partial charge in [0, 0.05) is 0 Å². The van der Waals surface area contributed by atoms with Crippen molar-refractivity contribution in [3.63, 3.8) is 0 Å². The number of hydrogen-bond donors (Lipinski definition) is 1. The van der Waals surface area contributed by atoms with Crippen molar-refractivity contribution in [1.82, 2.24) is 0 Å². The first-order valence-corrected chi connectivity index (χ1v) is 2.80. The van der Waals surface area contributed by atoms with E-state index >= 15 is 0 Å². The van der Waals surface area contributed by atoms with Crippen LogP contribution in [0.25, 0.3) is 0 Å². The summed E-state index contributed by atoms with van der Waals surface area (Å²) in [5.41, 5.74) is 0. The first kappa shape index (κ1) is 8.75. The van der Waals surface area contributed by atoms with Crippen molar-refractivity contribution in [3.8, 4) is 0 Å². The molecule has 0 heterocycles. The Balaban J connectivity index is 4.03. The van der Waals surface area contributed by atoms with E-state index in [0.29, 0.717) is 6.42 Å². The summed E-state index contributed by atoms with van der Waals surface area (Å²) >= 11 is 0. The van der Waals surface area contributed by atoms with Crippen LogP contribution in [0.5, 0.6) is 0 Å². The highest BCUT2D eigenvalue weighted by atomic mass is 16.5. The molecule has 0 aliphatic rings. The summed E-state index contributed by atoms with van der Waals surface area (Å²) in [6, 6.07) is 0. The molecule has 0 aromatic carbocycles. The first-order valence-electron chi connectivity index (χ1n) is 2.80. The maximum atomic E-state index is 10.2. The number of rotatable bonds is 4. The molecule has 10 heavy (non-hydrogen) atoms. The highest BCUT2D eigenvalue weighted by Gasteiger charge is 2.03. The van der Waals surface area contributed by atoms with Gasteiger partial charge in [0.15, 0.2) is 5.76 Å². The lowest BCUT2D eigenvalue weighted by Gasteiger charge is -1.96. The fourth-order valence-corrected chi connectivity index (χ4v) is 0.448. The molecular formula is C7H10O3. The number of aliphatic carboxylic acids is 1.